The zero-order valence-corrected chi connectivity index (χ0v) is 51.2. The number of piperazine rings is 2. The predicted octanol–water partition coefficient (Wildman–Crippen LogP) is 10.4. The Morgan fingerprint density at radius 1 is 0.942 bits per heavy atom. The highest BCUT2D eigenvalue weighted by Gasteiger charge is 2.50. The summed E-state index contributed by atoms with van der Waals surface area (Å²) in [4.78, 5) is 67.0. The predicted molar refractivity (Wildman–Crippen MR) is 332 cm³/mol. The molecular formula is C65H81FN12O7S. The van der Waals surface area contributed by atoms with Crippen molar-refractivity contribution in [1.82, 2.24) is 50.4 Å². The van der Waals surface area contributed by atoms with Crippen LogP contribution in [0.25, 0.3) is 43.4 Å². The third-order valence-corrected chi connectivity index (χ3v) is 19.1. The van der Waals surface area contributed by atoms with E-state index in [-0.39, 0.29) is 71.7 Å². The van der Waals surface area contributed by atoms with Gasteiger partial charge in [0.05, 0.1) is 39.5 Å². The average Bonchev–Trinajstić information content (AvgIpc) is 1.18. The van der Waals surface area contributed by atoms with Crippen LogP contribution in [0.5, 0.6) is 11.8 Å². The molecule has 6 unspecified atom stereocenters. The zero-order chi connectivity index (χ0) is 60.1. The Bertz CT molecular complexity index is 3510. The van der Waals surface area contributed by atoms with Gasteiger partial charge in [-0.2, -0.15) is 9.97 Å². The van der Waals surface area contributed by atoms with Crippen LogP contribution in [0.4, 0.5) is 20.8 Å². The van der Waals surface area contributed by atoms with E-state index in [9.17, 15) is 19.5 Å². The standard InChI is InChI=1S/C49H59FN10O6.C13H14N2OS.C3H8/c1-3-31-8-4-9-32-21-36(61)22-38(42(31)32)44-43(50)45-39(25-51-44)46(58-26-33-10-11-34(27-58)52-33)54-47(53-45)65-29-49-13-6-16-60(49)35(12-14-49)28-64-48(63)57-19-17-56(18-20-57)40-23-37(66-55-40)24-41(62)59-15-5-7-30(59)2;1-9(14-7-16)11-3-5-12(6-4-11)13-10(2)15-8-17-13;1-3-2/h4,8-9,21-23,25,30,33-35,52,61H,3,5-7,10-20,24,26-29H2,1-2H3;3-9H,1-2H3,(H,14,16);3H2,1-2H3. The number of halogens is 1. The number of nitrogens with one attached hydrogen (secondary N) is 2. The molecule has 3 N–H and O–H groups in total. The molecule has 4 aromatic heterocycles. The van der Waals surface area contributed by atoms with Gasteiger partial charge >= 0.3 is 12.1 Å². The number of hydrogen-bond acceptors (Lipinski definition) is 17. The van der Waals surface area contributed by atoms with Gasteiger partial charge in [0.1, 0.15) is 41.8 Å². The number of pyridine rings is 1. The van der Waals surface area contributed by atoms with Crippen molar-refractivity contribution < 1.29 is 37.9 Å². The Kier molecular flexibility index (Phi) is 18.6. The molecule has 6 saturated heterocycles. The second-order valence-corrected chi connectivity index (χ2v) is 24.8. The number of hydrogen-bond donors (Lipinski definition) is 3. The third kappa shape index (κ3) is 12.8. The smallest absolute Gasteiger partial charge is 0.409 e. The molecule has 0 spiro atoms. The normalized spacial score (nSPS) is 22.1. The molecule has 0 saturated carbocycles. The summed E-state index contributed by atoms with van der Waals surface area (Å²) in [6, 6.07) is 20.3. The minimum absolute atomic E-state index is 0.0374. The first-order valence-corrected chi connectivity index (χ1v) is 31.8. The number of aromatic hydroxyl groups is 1. The van der Waals surface area contributed by atoms with Crippen molar-refractivity contribution in [1.29, 1.82) is 0 Å². The zero-order valence-electron chi connectivity index (χ0n) is 50.4. The van der Waals surface area contributed by atoms with E-state index in [0.29, 0.717) is 73.2 Å². The van der Waals surface area contributed by atoms with Crippen molar-refractivity contribution in [3.8, 4) is 33.5 Å². The Morgan fingerprint density at radius 2 is 1.72 bits per heavy atom. The summed E-state index contributed by atoms with van der Waals surface area (Å²) in [5, 5.41) is 23.6. The van der Waals surface area contributed by atoms with E-state index in [4.69, 9.17) is 28.9 Å². The number of aryl methyl sites for hydroxylation is 2. The molecule has 3 aromatic carbocycles. The molecule has 6 aliphatic rings. The molecule has 21 heteroatoms. The quantitative estimate of drug-likeness (QED) is 0.0816. The summed E-state index contributed by atoms with van der Waals surface area (Å²) >= 11 is 1.64. The summed E-state index contributed by atoms with van der Waals surface area (Å²) in [6.45, 7) is 18.2. The van der Waals surface area contributed by atoms with Crippen LogP contribution in [-0.4, -0.2) is 159 Å². The SMILES string of the molecule is CCC.CCc1cccc2cc(O)cc(-c3ncc4c(N5CC6CCC(C5)N6)nc(OCC56CCCN5C(COC(=O)N5CCN(c7cc(CC(=O)N8CCCC8C)on7)CC5)CC6)nc4c3F)c12.Cc1ncsc1-c1ccc(C(C)NC=O)cc1. The summed E-state index contributed by atoms with van der Waals surface area (Å²) < 4.78 is 35.4. The minimum atomic E-state index is -0.579. The summed E-state index contributed by atoms with van der Waals surface area (Å²) in [7, 11) is 0. The van der Waals surface area contributed by atoms with Crippen molar-refractivity contribution in [3.05, 3.63) is 101 Å². The highest BCUT2D eigenvalue weighted by molar-refractivity contribution is 7.13. The number of fused-ring (bicyclic) bond motifs is 5. The minimum Gasteiger partial charge on any atom is -0.508 e. The molecule has 86 heavy (non-hydrogen) atoms. The maximum atomic E-state index is 17.2. The average molecular weight is 1190 g/mol. The van der Waals surface area contributed by atoms with Gasteiger partial charge < -0.3 is 49.3 Å². The van der Waals surface area contributed by atoms with Gasteiger partial charge in [-0.3, -0.25) is 19.5 Å². The number of carbonyl (C=O) groups is 3. The number of aromatic nitrogens is 5. The second-order valence-electron chi connectivity index (χ2n) is 24.0. The Labute approximate surface area is 506 Å². The number of amides is 3. The van der Waals surface area contributed by atoms with Crippen LogP contribution >= 0.6 is 11.3 Å². The molecule has 0 radical (unpaired) electrons. The molecule has 13 rings (SSSR count). The lowest BCUT2D eigenvalue weighted by molar-refractivity contribution is -0.131. The van der Waals surface area contributed by atoms with Gasteiger partial charge in [-0.1, -0.05) is 74.8 Å². The maximum Gasteiger partial charge on any atom is 0.409 e. The Morgan fingerprint density at radius 3 is 2.43 bits per heavy atom. The van der Waals surface area contributed by atoms with Crippen molar-refractivity contribution in [2.24, 2.45) is 0 Å². The lowest BCUT2D eigenvalue weighted by atomic mass is 9.95. The number of phenols is 1. The first kappa shape index (κ1) is 60.2. The first-order chi connectivity index (χ1) is 41.8. The highest BCUT2D eigenvalue weighted by Crippen LogP contribution is 2.44. The van der Waals surface area contributed by atoms with E-state index < -0.39 is 5.82 Å². The number of thiazole rings is 1. The topological polar surface area (TPSA) is 208 Å². The molecular weight excluding hydrogens is 1110 g/mol. The summed E-state index contributed by atoms with van der Waals surface area (Å²) in [6.07, 6.45) is 12.1. The lowest BCUT2D eigenvalue weighted by Crippen LogP contribution is -2.51. The van der Waals surface area contributed by atoms with E-state index in [1.807, 2.05) is 60.7 Å². The van der Waals surface area contributed by atoms with Gasteiger partial charge in [-0.25, -0.2) is 14.2 Å². The monoisotopic (exact) mass is 1190 g/mol. The molecule has 6 atom stereocenters. The van der Waals surface area contributed by atoms with E-state index in [2.05, 4.69) is 75.3 Å². The number of ether oxygens (including phenoxy) is 2. The lowest BCUT2D eigenvalue weighted by Gasteiger charge is -2.36. The van der Waals surface area contributed by atoms with Crippen LogP contribution in [-0.2, 0) is 27.2 Å². The van der Waals surface area contributed by atoms with Crippen molar-refractivity contribution in [2.75, 3.05) is 75.4 Å². The highest BCUT2D eigenvalue weighted by atomic mass is 32.1. The maximum absolute atomic E-state index is 17.2. The number of likely N-dealkylation sites (tertiary alicyclic amines) is 1. The number of phenolic OH excluding ortho intramolecular Hbond substituents is 1. The molecule has 0 aliphatic carbocycles. The fraction of sp³-hybridized carbons (Fsp3) is 0.508. The van der Waals surface area contributed by atoms with E-state index in [1.165, 1.54) is 16.9 Å². The van der Waals surface area contributed by atoms with Gasteiger partial charge in [-0.15, -0.1) is 11.3 Å². The number of nitrogens with zero attached hydrogens (tertiary/aromatic N) is 10. The third-order valence-electron chi connectivity index (χ3n) is 18.1. The molecule has 3 amide bonds. The van der Waals surface area contributed by atoms with Crippen LogP contribution in [0.2, 0.25) is 0 Å². The van der Waals surface area contributed by atoms with Gasteiger partial charge in [0, 0.05) is 87.8 Å². The van der Waals surface area contributed by atoms with Crippen LogP contribution in [0.1, 0.15) is 121 Å². The molecule has 6 aliphatic heterocycles. The summed E-state index contributed by atoms with van der Waals surface area (Å²) in [5.41, 5.74) is 6.71. The van der Waals surface area contributed by atoms with Gasteiger partial charge in [-0.05, 0) is 125 Å². The molecule has 7 aromatic rings. The van der Waals surface area contributed by atoms with Crippen LogP contribution < -0.4 is 25.2 Å². The second kappa shape index (κ2) is 26.6. The fourth-order valence-electron chi connectivity index (χ4n) is 13.6. The molecule has 10 heterocycles. The van der Waals surface area contributed by atoms with E-state index in [1.54, 1.807) is 34.6 Å². The van der Waals surface area contributed by atoms with E-state index in [0.717, 1.165) is 118 Å². The largest absolute Gasteiger partial charge is 0.508 e. The molecule has 19 nitrogen and oxygen atoms in total. The molecule has 6 fully saturated rings. The number of carbonyl (C=O) groups excluding carboxylic acids is 3. The number of anilines is 2. The Hall–Kier alpha value is -7.49. The summed E-state index contributed by atoms with van der Waals surface area (Å²) in [5.74, 6) is 1.37. The number of rotatable bonds is 15. The van der Waals surface area contributed by atoms with Crippen LogP contribution in [0.15, 0.2) is 76.9 Å². The van der Waals surface area contributed by atoms with Crippen molar-refractivity contribution in [2.45, 2.75) is 148 Å². The van der Waals surface area contributed by atoms with Crippen molar-refractivity contribution >= 4 is 63.1 Å². The Balaban J connectivity index is 0.000000327. The molecule has 456 valence electrons. The fourth-order valence-corrected chi connectivity index (χ4v) is 14.4. The van der Waals surface area contributed by atoms with Gasteiger partial charge in [0.25, 0.3) is 0 Å². The van der Waals surface area contributed by atoms with Gasteiger partial charge in [0.15, 0.2) is 11.6 Å². The van der Waals surface area contributed by atoms with Crippen LogP contribution in [0.3, 0.4) is 0 Å². The van der Waals surface area contributed by atoms with Crippen LogP contribution in [0, 0.1) is 12.7 Å². The van der Waals surface area contributed by atoms with Crippen molar-refractivity contribution in [3.63, 3.8) is 0 Å². The molecule has 2 bridgehead atoms. The number of benzene rings is 3. The first-order valence-electron chi connectivity index (χ1n) is 30.9. The van der Waals surface area contributed by atoms with E-state index >= 15 is 4.39 Å². The van der Waals surface area contributed by atoms with Gasteiger partial charge in [0.2, 0.25) is 12.3 Å².